The summed E-state index contributed by atoms with van der Waals surface area (Å²) >= 11 is 0. The van der Waals surface area contributed by atoms with E-state index in [0.29, 0.717) is 11.3 Å². The molecule has 0 aliphatic carbocycles. The van der Waals surface area contributed by atoms with E-state index in [2.05, 4.69) is 15.5 Å². The summed E-state index contributed by atoms with van der Waals surface area (Å²) in [5.41, 5.74) is 3.10. The fourth-order valence-electron chi connectivity index (χ4n) is 1.78. The highest BCUT2D eigenvalue weighted by Crippen LogP contribution is 2.25. The van der Waals surface area contributed by atoms with Crippen molar-refractivity contribution in [3.05, 3.63) is 58.9 Å². The molecule has 0 atom stereocenters. The van der Waals surface area contributed by atoms with E-state index >= 15 is 0 Å². The van der Waals surface area contributed by atoms with Gasteiger partial charge in [-0.1, -0.05) is 18.2 Å². The number of aromatic hydroxyl groups is 1. The van der Waals surface area contributed by atoms with E-state index in [1.165, 1.54) is 6.20 Å². The Morgan fingerprint density at radius 1 is 1.32 bits per heavy atom. The van der Waals surface area contributed by atoms with Gasteiger partial charge < -0.3 is 15.3 Å². The van der Waals surface area contributed by atoms with E-state index in [4.69, 9.17) is 0 Å². The third kappa shape index (κ3) is 3.46. The lowest BCUT2D eigenvalue weighted by molar-refractivity contribution is -0.0429. The number of nitrogens with one attached hydrogen (secondary N) is 1. The Labute approximate surface area is 126 Å². The zero-order valence-electron chi connectivity index (χ0n) is 11.8. The second-order valence-corrected chi connectivity index (χ2v) is 4.50. The molecule has 0 spiro atoms. The molecule has 0 aliphatic heterocycles. The first-order valence-electron chi connectivity index (χ1n) is 6.43. The van der Waals surface area contributed by atoms with Crippen molar-refractivity contribution in [3.8, 4) is 5.75 Å². The standard InChI is InChI=1S/C15H15N3O4/c1-9-13(19)11(12(7-16-9)15(21)22)8-17-18-14(20)10-5-3-2-4-6-10/h2-8,15,19,21-22H,1H3,(H,18,20). The van der Waals surface area contributed by atoms with Crippen LogP contribution in [0, 0.1) is 6.92 Å². The summed E-state index contributed by atoms with van der Waals surface area (Å²) in [6, 6.07) is 8.48. The molecule has 4 N–H and O–H groups in total. The summed E-state index contributed by atoms with van der Waals surface area (Å²) in [7, 11) is 0. The number of rotatable bonds is 4. The molecule has 1 aromatic carbocycles. The molecule has 1 aromatic heterocycles. The lowest BCUT2D eigenvalue weighted by atomic mass is 10.1. The lowest BCUT2D eigenvalue weighted by Gasteiger charge is -2.10. The van der Waals surface area contributed by atoms with Crippen molar-refractivity contribution < 1.29 is 20.1 Å². The van der Waals surface area contributed by atoms with Gasteiger partial charge in [0.05, 0.1) is 11.9 Å². The van der Waals surface area contributed by atoms with Crippen LogP contribution in [0.3, 0.4) is 0 Å². The zero-order valence-corrected chi connectivity index (χ0v) is 11.8. The van der Waals surface area contributed by atoms with Crippen LogP contribution in [0.5, 0.6) is 5.75 Å². The van der Waals surface area contributed by atoms with Gasteiger partial charge in [0.2, 0.25) is 0 Å². The van der Waals surface area contributed by atoms with Crippen LogP contribution in [0.25, 0.3) is 0 Å². The molecule has 1 heterocycles. The second-order valence-electron chi connectivity index (χ2n) is 4.50. The molecule has 114 valence electrons. The predicted octanol–water partition coefficient (Wildman–Crippen LogP) is 0.843. The number of hydrazone groups is 1. The second kappa shape index (κ2) is 6.79. The molecular formula is C15H15N3O4. The highest BCUT2D eigenvalue weighted by atomic mass is 16.5. The van der Waals surface area contributed by atoms with Gasteiger partial charge >= 0.3 is 0 Å². The summed E-state index contributed by atoms with van der Waals surface area (Å²) in [5, 5.41) is 32.2. The Bertz CT molecular complexity index is 699. The average Bonchev–Trinajstić information content (AvgIpc) is 2.52. The van der Waals surface area contributed by atoms with Crippen molar-refractivity contribution in [2.24, 2.45) is 5.10 Å². The molecule has 0 fully saturated rings. The number of hydrogen-bond acceptors (Lipinski definition) is 6. The maximum Gasteiger partial charge on any atom is 0.271 e. The Kier molecular flexibility index (Phi) is 4.82. The summed E-state index contributed by atoms with van der Waals surface area (Å²) in [4.78, 5) is 15.6. The van der Waals surface area contributed by atoms with Gasteiger partial charge in [0.25, 0.3) is 5.91 Å². The number of hydrogen-bond donors (Lipinski definition) is 4. The van der Waals surface area contributed by atoms with E-state index in [1.807, 2.05) is 0 Å². The van der Waals surface area contributed by atoms with Gasteiger partial charge in [-0.05, 0) is 19.1 Å². The normalized spacial score (nSPS) is 11.1. The van der Waals surface area contributed by atoms with E-state index < -0.39 is 12.2 Å². The van der Waals surface area contributed by atoms with Gasteiger partial charge in [-0.3, -0.25) is 9.78 Å². The minimum absolute atomic E-state index is 0.0131. The topological polar surface area (TPSA) is 115 Å². The molecule has 1 amide bonds. The smallest absolute Gasteiger partial charge is 0.271 e. The summed E-state index contributed by atoms with van der Waals surface area (Å²) < 4.78 is 0. The van der Waals surface area contributed by atoms with Crippen LogP contribution in [0.1, 0.15) is 33.5 Å². The summed E-state index contributed by atoms with van der Waals surface area (Å²) in [6.45, 7) is 1.56. The zero-order chi connectivity index (χ0) is 16.1. The van der Waals surface area contributed by atoms with Crippen molar-refractivity contribution in [1.29, 1.82) is 0 Å². The number of nitrogens with zero attached hydrogens (tertiary/aromatic N) is 2. The quantitative estimate of drug-likeness (QED) is 0.379. The largest absolute Gasteiger partial charge is 0.505 e. The van der Waals surface area contributed by atoms with Crippen LogP contribution >= 0.6 is 0 Å². The number of aromatic nitrogens is 1. The number of benzene rings is 1. The van der Waals surface area contributed by atoms with Gasteiger partial charge in [0.1, 0.15) is 5.75 Å². The first-order valence-corrected chi connectivity index (χ1v) is 6.43. The van der Waals surface area contributed by atoms with Gasteiger partial charge in [0, 0.05) is 22.9 Å². The number of carbonyl (C=O) groups is 1. The Balaban J connectivity index is 2.20. The molecular weight excluding hydrogens is 286 g/mol. The van der Waals surface area contributed by atoms with Crippen LogP contribution in [0.15, 0.2) is 41.6 Å². The minimum atomic E-state index is -1.81. The van der Waals surface area contributed by atoms with Gasteiger partial charge in [-0.2, -0.15) is 5.10 Å². The minimum Gasteiger partial charge on any atom is -0.505 e. The summed E-state index contributed by atoms with van der Waals surface area (Å²) in [6.07, 6.45) is 0.546. The number of aryl methyl sites for hydroxylation is 1. The molecule has 2 aromatic rings. The fourth-order valence-corrected chi connectivity index (χ4v) is 1.78. The van der Waals surface area contributed by atoms with Crippen molar-refractivity contribution in [3.63, 3.8) is 0 Å². The average molecular weight is 301 g/mol. The third-order valence-corrected chi connectivity index (χ3v) is 2.98. The Morgan fingerprint density at radius 3 is 2.64 bits per heavy atom. The molecule has 22 heavy (non-hydrogen) atoms. The van der Waals surface area contributed by atoms with Gasteiger partial charge in [-0.15, -0.1) is 0 Å². The number of pyridine rings is 1. The SMILES string of the molecule is Cc1ncc(C(O)O)c(C=NNC(=O)c2ccccc2)c1O. The van der Waals surface area contributed by atoms with Crippen LogP contribution in [0.2, 0.25) is 0 Å². The van der Waals surface area contributed by atoms with Crippen molar-refractivity contribution in [2.75, 3.05) is 0 Å². The van der Waals surface area contributed by atoms with Crippen molar-refractivity contribution >= 4 is 12.1 Å². The first kappa shape index (κ1) is 15.6. The van der Waals surface area contributed by atoms with E-state index in [1.54, 1.807) is 37.3 Å². The van der Waals surface area contributed by atoms with Crippen LogP contribution in [0.4, 0.5) is 0 Å². The molecule has 0 radical (unpaired) electrons. The van der Waals surface area contributed by atoms with E-state index in [9.17, 15) is 20.1 Å². The maximum atomic E-state index is 11.8. The molecule has 0 saturated heterocycles. The van der Waals surface area contributed by atoms with E-state index in [0.717, 1.165) is 6.21 Å². The highest BCUT2D eigenvalue weighted by Gasteiger charge is 2.15. The number of aliphatic hydroxyl groups excluding tert-OH is 1. The fraction of sp³-hybridized carbons (Fsp3) is 0.133. The van der Waals surface area contributed by atoms with Gasteiger partial charge in [0.15, 0.2) is 6.29 Å². The molecule has 0 unspecified atom stereocenters. The Morgan fingerprint density at radius 2 is 2.00 bits per heavy atom. The van der Waals surface area contributed by atoms with Gasteiger partial charge in [-0.25, -0.2) is 5.43 Å². The third-order valence-electron chi connectivity index (χ3n) is 2.98. The van der Waals surface area contributed by atoms with Crippen LogP contribution < -0.4 is 5.43 Å². The van der Waals surface area contributed by atoms with Crippen LogP contribution in [-0.4, -0.2) is 32.4 Å². The summed E-state index contributed by atoms with van der Waals surface area (Å²) in [5.74, 6) is -0.656. The first-order chi connectivity index (χ1) is 10.5. The number of carbonyl (C=O) groups excluding carboxylic acids is 1. The number of aliphatic hydroxyl groups is 2. The van der Waals surface area contributed by atoms with Crippen LogP contribution in [-0.2, 0) is 0 Å². The number of amides is 1. The maximum absolute atomic E-state index is 11.8. The lowest BCUT2D eigenvalue weighted by Crippen LogP contribution is -2.17. The highest BCUT2D eigenvalue weighted by molar-refractivity contribution is 5.95. The molecule has 2 rings (SSSR count). The van der Waals surface area contributed by atoms with Crippen molar-refractivity contribution in [1.82, 2.24) is 10.4 Å². The molecule has 7 nitrogen and oxygen atoms in total. The monoisotopic (exact) mass is 301 g/mol. The van der Waals surface area contributed by atoms with E-state index in [-0.39, 0.29) is 16.9 Å². The molecule has 0 saturated carbocycles. The molecule has 0 bridgehead atoms. The molecule has 0 aliphatic rings. The molecule has 7 heteroatoms. The van der Waals surface area contributed by atoms with Crippen molar-refractivity contribution in [2.45, 2.75) is 13.2 Å². The predicted molar refractivity (Wildman–Crippen MR) is 79.3 cm³/mol. The Hall–Kier alpha value is -2.77.